The number of ether oxygens (including phenoxy) is 3. The molecule has 1 aromatic rings. The minimum atomic E-state index is -0.976. The van der Waals surface area contributed by atoms with Gasteiger partial charge in [-0.2, -0.15) is 0 Å². The van der Waals surface area contributed by atoms with Gasteiger partial charge in [0.05, 0.1) is 14.2 Å². The maximum Gasteiger partial charge on any atom is 0.184 e. The van der Waals surface area contributed by atoms with Gasteiger partial charge >= 0.3 is 0 Å². The van der Waals surface area contributed by atoms with E-state index in [4.69, 9.17) is 14.2 Å². The van der Waals surface area contributed by atoms with Gasteiger partial charge in [0.2, 0.25) is 0 Å². The molecule has 0 aliphatic carbocycles. The first kappa shape index (κ1) is 10.8. The SMILES string of the molecule is COc1ccc(C(O)OC)c(OC)c1. The molecule has 0 spiro atoms. The lowest BCUT2D eigenvalue weighted by molar-refractivity contribution is -0.0781. The second kappa shape index (κ2) is 4.83. The Kier molecular flexibility index (Phi) is 3.73. The predicted octanol–water partition coefficient (Wildman–Crippen LogP) is 1.34. The third-order valence-electron chi connectivity index (χ3n) is 1.93. The minimum Gasteiger partial charge on any atom is -0.497 e. The van der Waals surface area contributed by atoms with Crippen molar-refractivity contribution in [3.8, 4) is 11.5 Å². The van der Waals surface area contributed by atoms with E-state index in [9.17, 15) is 5.11 Å². The van der Waals surface area contributed by atoms with Gasteiger partial charge < -0.3 is 19.3 Å². The Labute approximate surface area is 83.0 Å². The van der Waals surface area contributed by atoms with Gasteiger partial charge in [0.15, 0.2) is 6.29 Å². The first-order valence-electron chi connectivity index (χ1n) is 4.15. The van der Waals surface area contributed by atoms with Crippen LogP contribution in [0.25, 0.3) is 0 Å². The Morgan fingerprint density at radius 2 is 1.86 bits per heavy atom. The first-order valence-corrected chi connectivity index (χ1v) is 4.15. The van der Waals surface area contributed by atoms with Crippen LogP contribution in [0.5, 0.6) is 11.5 Å². The zero-order chi connectivity index (χ0) is 10.6. The summed E-state index contributed by atoms with van der Waals surface area (Å²) in [5, 5.41) is 9.46. The number of hydrogen-bond donors (Lipinski definition) is 1. The highest BCUT2D eigenvalue weighted by Gasteiger charge is 2.12. The summed E-state index contributed by atoms with van der Waals surface area (Å²) < 4.78 is 14.9. The molecule has 1 aromatic carbocycles. The largest absolute Gasteiger partial charge is 0.497 e. The molecule has 0 amide bonds. The number of rotatable bonds is 4. The fraction of sp³-hybridized carbons (Fsp3) is 0.400. The van der Waals surface area contributed by atoms with Crippen LogP contribution in [0.2, 0.25) is 0 Å². The average molecular weight is 198 g/mol. The van der Waals surface area contributed by atoms with E-state index in [0.717, 1.165) is 0 Å². The molecular weight excluding hydrogens is 184 g/mol. The van der Waals surface area contributed by atoms with Gasteiger partial charge in [-0.25, -0.2) is 0 Å². The smallest absolute Gasteiger partial charge is 0.184 e. The Bertz CT molecular complexity index is 298. The second-order valence-corrected chi connectivity index (χ2v) is 2.70. The van der Waals surface area contributed by atoms with Gasteiger partial charge in [0.1, 0.15) is 11.5 Å². The second-order valence-electron chi connectivity index (χ2n) is 2.70. The number of benzene rings is 1. The molecule has 0 bridgehead atoms. The topological polar surface area (TPSA) is 47.9 Å². The van der Waals surface area contributed by atoms with Crippen LogP contribution < -0.4 is 9.47 Å². The summed E-state index contributed by atoms with van der Waals surface area (Å²) >= 11 is 0. The maximum absolute atomic E-state index is 9.46. The van der Waals surface area contributed by atoms with Crippen molar-refractivity contribution in [2.24, 2.45) is 0 Å². The normalized spacial score (nSPS) is 12.3. The fourth-order valence-corrected chi connectivity index (χ4v) is 1.15. The molecule has 1 N–H and O–H groups in total. The predicted molar refractivity (Wildman–Crippen MR) is 51.5 cm³/mol. The van der Waals surface area contributed by atoms with E-state index >= 15 is 0 Å². The van der Waals surface area contributed by atoms with Crippen molar-refractivity contribution in [2.75, 3.05) is 21.3 Å². The number of aliphatic hydroxyl groups is 1. The molecule has 0 heterocycles. The van der Waals surface area contributed by atoms with Crippen molar-refractivity contribution < 1.29 is 19.3 Å². The molecule has 1 atom stereocenters. The summed E-state index contributed by atoms with van der Waals surface area (Å²) in [4.78, 5) is 0. The van der Waals surface area contributed by atoms with E-state index in [1.807, 2.05) is 0 Å². The van der Waals surface area contributed by atoms with Gasteiger partial charge in [-0.15, -0.1) is 0 Å². The Morgan fingerprint density at radius 1 is 1.14 bits per heavy atom. The number of aliphatic hydroxyl groups excluding tert-OH is 1. The molecular formula is C10H14O4. The van der Waals surface area contributed by atoms with Crippen molar-refractivity contribution >= 4 is 0 Å². The third kappa shape index (κ3) is 2.16. The van der Waals surface area contributed by atoms with Crippen LogP contribution in [0.4, 0.5) is 0 Å². The van der Waals surface area contributed by atoms with Crippen molar-refractivity contribution in [2.45, 2.75) is 6.29 Å². The molecule has 0 fully saturated rings. The van der Waals surface area contributed by atoms with Gasteiger partial charge in [0, 0.05) is 18.7 Å². The molecule has 4 nitrogen and oxygen atoms in total. The van der Waals surface area contributed by atoms with Gasteiger partial charge in [-0.05, 0) is 12.1 Å². The monoisotopic (exact) mass is 198 g/mol. The van der Waals surface area contributed by atoms with Crippen molar-refractivity contribution in [3.63, 3.8) is 0 Å². The van der Waals surface area contributed by atoms with E-state index < -0.39 is 6.29 Å². The molecule has 0 saturated carbocycles. The summed E-state index contributed by atoms with van der Waals surface area (Å²) in [5.41, 5.74) is 0.579. The Morgan fingerprint density at radius 3 is 2.36 bits per heavy atom. The molecule has 0 aliphatic rings. The van der Waals surface area contributed by atoms with E-state index in [1.165, 1.54) is 14.2 Å². The highest BCUT2D eigenvalue weighted by atomic mass is 16.6. The van der Waals surface area contributed by atoms with Gasteiger partial charge in [0.25, 0.3) is 0 Å². The van der Waals surface area contributed by atoms with E-state index in [0.29, 0.717) is 17.1 Å². The Balaban J connectivity index is 3.04. The van der Waals surface area contributed by atoms with Crippen molar-refractivity contribution in [1.82, 2.24) is 0 Å². The van der Waals surface area contributed by atoms with Crippen LogP contribution in [0.1, 0.15) is 11.9 Å². The summed E-state index contributed by atoms with van der Waals surface area (Å²) in [5.74, 6) is 1.22. The van der Waals surface area contributed by atoms with Crippen molar-refractivity contribution in [1.29, 1.82) is 0 Å². The molecule has 4 heteroatoms. The highest BCUT2D eigenvalue weighted by Crippen LogP contribution is 2.29. The number of methoxy groups -OCH3 is 3. The lowest BCUT2D eigenvalue weighted by atomic mass is 10.2. The highest BCUT2D eigenvalue weighted by molar-refractivity contribution is 5.41. The molecule has 0 saturated heterocycles. The van der Waals surface area contributed by atoms with E-state index in [1.54, 1.807) is 25.3 Å². The maximum atomic E-state index is 9.46. The van der Waals surface area contributed by atoms with Crippen molar-refractivity contribution in [3.05, 3.63) is 23.8 Å². The summed E-state index contributed by atoms with van der Waals surface area (Å²) in [6.07, 6.45) is -0.976. The van der Waals surface area contributed by atoms with E-state index in [-0.39, 0.29) is 0 Å². The number of hydrogen-bond acceptors (Lipinski definition) is 4. The summed E-state index contributed by atoms with van der Waals surface area (Å²) in [6.45, 7) is 0. The van der Waals surface area contributed by atoms with Crippen LogP contribution >= 0.6 is 0 Å². The zero-order valence-electron chi connectivity index (χ0n) is 8.48. The molecule has 14 heavy (non-hydrogen) atoms. The fourth-order valence-electron chi connectivity index (χ4n) is 1.15. The van der Waals surface area contributed by atoms with Crippen LogP contribution in [0.15, 0.2) is 18.2 Å². The Hall–Kier alpha value is -1.26. The lowest BCUT2D eigenvalue weighted by Crippen LogP contribution is -2.02. The van der Waals surface area contributed by atoms with Gasteiger partial charge in [-0.1, -0.05) is 0 Å². The summed E-state index contributed by atoms with van der Waals surface area (Å²) in [6, 6.07) is 5.13. The summed E-state index contributed by atoms with van der Waals surface area (Å²) in [7, 11) is 4.52. The molecule has 78 valence electrons. The molecule has 0 aromatic heterocycles. The van der Waals surface area contributed by atoms with Crippen LogP contribution in [0.3, 0.4) is 0 Å². The van der Waals surface area contributed by atoms with Gasteiger partial charge in [-0.3, -0.25) is 0 Å². The molecule has 1 rings (SSSR count). The quantitative estimate of drug-likeness (QED) is 0.742. The standard InChI is InChI=1S/C10H14O4/c1-12-7-4-5-8(10(11)14-3)9(6-7)13-2/h4-6,10-11H,1-3H3. The third-order valence-corrected chi connectivity index (χ3v) is 1.93. The molecule has 1 unspecified atom stereocenters. The zero-order valence-corrected chi connectivity index (χ0v) is 8.48. The molecule has 0 radical (unpaired) electrons. The van der Waals surface area contributed by atoms with Crippen LogP contribution in [-0.2, 0) is 4.74 Å². The first-order chi connectivity index (χ1) is 6.72. The van der Waals surface area contributed by atoms with Crippen LogP contribution in [0, 0.1) is 0 Å². The van der Waals surface area contributed by atoms with E-state index in [2.05, 4.69) is 0 Å². The molecule has 0 aliphatic heterocycles. The average Bonchev–Trinajstić information content (AvgIpc) is 2.27. The lowest BCUT2D eigenvalue weighted by Gasteiger charge is -2.13. The minimum absolute atomic E-state index is 0.540. The van der Waals surface area contributed by atoms with Crippen LogP contribution in [-0.4, -0.2) is 26.4 Å².